The summed E-state index contributed by atoms with van der Waals surface area (Å²) in [5, 5.41) is 19.1. The van der Waals surface area contributed by atoms with E-state index in [2.05, 4.69) is 6.92 Å². The average molecular weight is 368 g/mol. The topological polar surface area (TPSA) is 77.8 Å². The second-order valence-corrected chi connectivity index (χ2v) is 7.78. The molecule has 1 aliphatic heterocycles. The maximum absolute atomic E-state index is 12.1. The lowest BCUT2D eigenvalue weighted by Gasteiger charge is -2.24. The molecule has 0 aliphatic carbocycles. The number of likely N-dealkylation sites (tertiary alicyclic amines) is 1. The van der Waals surface area contributed by atoms with Gasteiger partial charge in [0, 0.05) is 19.4 Å². The lowest BCUT2D eigenvalue weighted by Crippen LogP contribution is -2.33. The van der Waals surface area contributed by atoms with Gasteiger partial charge >= 0.3 is 5.97 Å². The fraction of sp³-hybridized carbons (Fsp3) is 0.810. The Morgan fingerprint density at radius 1 is 1.19 bits per heavy atom. The molecule has 1 amide bonds. The van der Waals surface area contributed by atoms with Crippen molar-refractivity contribution >= 4 is 11.9 Å². The highest BCUT2D eigenvalue weighted by Gasteiger charge is 2.29. The molecular formula is C21H37NO4. The zero-order valence-electron chi connectivity index (χ0n) is 16.6. The molecule has 0 aromatic rings. The van der Waals surface area contributed by atoms with Crippen molar-refractivity contribution in [3.05, 3.63) is 12.2 Å². The van der Waals surface area contributed by atoms with Gasteiger partial charge in [-0.05, 0) is 32.6 Å². The molecule has 0 aromatic heterocycles. The first-order valence-electron chi connectivity index (χ1n) is 10.3. The SMILES string of the molecule is CCCCCCC(C)(O)C=CC1CCC(=O)N1CCCCCCC(=O)O. The van der Waals surface area contributed by atoms with Gasteiger partial charge in [0.15, 0.2) is 0 Å². The zero-order chi connectivity index (χ0) is 19.4. The molecule has 0 spiro atoms. The Bertz CT molecular complexity index is 459. The number of amides is 1. The Balaban J connectivity index is 2.37. The number of carboxylic acids is 1. The predicted molar refractivity (Wildman–Crippen MR) is 104 cm³/mol. The van der Waals surface area contributed by atoms with Crippen LogP contribution < -0.4 is 0 Å². The highest BCUT2D eigenvalue weighted by atomic mass is 16.4. The van der Waals surface area contributed by atoms with Crippen LogP contribution in [0.4, 0.5) is 0 Å². The molecule has 2 unspecified atom stereocenters. The lowest BCUT2D eigenvalue weighted by atomic mass is 9.96. The summed E-state index contributed by atoms with van der Waals surface area (Å²) >= 11 is 0. The minimum atomic E-state index is -0.804. The molecule has 1 rings (SSSR count). The van der Waals surface area contributed by atoms with Crippen LogP contribution in [0.5, 0.6) is 0 Å². The van der Waals surface area contributed by atoms with E-state index >= 15 is 0 Å². The number of rotatable bonds is 14. The minimum Gasteiger partial charge on any atom is -0.481 e. The smallest absolute Gasteiger partial charge is 0.303 e. The number of aliphatic hydroxyl groups is 1. The molecule has 5 heteroatoms. The van der Waals surface area contributed by atoms with Gasteiger partial charge < -0.3 is 15.1 Å². The summed E-state index contributed by atoms with van der Waals surface area (Å²) in [4.78, 5) is 24.5. The molecule has 2 atom stereocenters. The van der Waals surface area contributed by atoms with Crippen LogP contribution in [0.2, 0.25) is 0 Å². The molecule has 0 bridgehead atoms. The van der Waals surface area contributed by atoms with Gasteiger partial charge in [-0.15, -0.1) is 0 Å². The highest BCUT2D eigenvalue weighted by Crippen LogP contribution is 2.23. The van der Waals surface area contributed by atoms with Gasteiger partial charge in [0.2, 0.25) is 5.91 Å². The number of aliphatic carboxylic acids is 1. The number of carboxylic acid groups (broad SMARTS) is 1. The van der Waals surface area contributed by atoms with E-state index in [1.54, 1.807) is 0 Å². The molecule has 0 saturated carbocycles. The van der Waals surface area contributed by atoms with E-state index in [1.807, 2.05) is 24.0 Å². The van der Waals surface area contributed by atoms with Crippen LogP contribution in [-0.4, -0.2) is 45.2 Å². The first-order valence-corrected chi connectivity index (χ1v) is 10.3. The summed E-state index contributed by atoms with van der Waals surface area (Å²) in [5.41, 5.74) is -0.804. The molecule has 0 aromatic carbocycles. The van der Waals surface area contributed by atoms with E-state index in [9.17, 15) is 14.7 Å². The monoisotopic (exact) mass is 367 g/mol. The molecule has 0 radical (unpaired) electrons. The Morgan fingerprint density at radius 3 is 2.58 bits per heavy atom. The number of hydrogen-bond acceptors (Lipinski definition) is 3. The maximum Gasteiger partial charge on any atom is 0.303 e. The molecule has 1 aliphatic rings. The summed E-state index contributed by atoms with van der Waals surface area (Å²) in [6.45, 7) is 4.74. The first-order chi connectivity index (χ1) is 12.4. The Hall–Kier alpha value is -1.36. The maximum atomic E-state index is 12.1. The van der Waals surface area contributed by atoms with E-state index in [0.29, 0.717) is 12.8 Å². The van der Waals surface area contributed by atoms with Crippen LogP contribution in [0, 0.1) is 0 Å². The second-order valence-electron chi connectivity index (χ2n) is 7.78. The van der Waals surface area contributed by atoms with Gasteiger partial charge in [-0.3, -0.25) is 9.59 Å². The van der Waals surface area contributed by atoms with Gasteiger partial charge in [0.25, 0.3) is 0 Å². The van der Waals surface area contributed by atoms with E-state index < -0.39 is 11.6 Å². The van der Waals surface area contributed by atoms with Crippen LogP contribution in [0.15, 0.2) is 12.2 Å². The molecule has 150 valence electrons. The highest BCUT2D eigenvalue weighted by molar-refractivity contribution is 5.79. The molecule has 1 heterocycles. The summed E-state index contributed by atoms with van der Waals surface area (Å²) in [6, 6.07) is 0.0867. The van der Waals surface area contributed by atoms with Crippen molar-refractivity contribution in [1.82, 2.24) is 4.90 Å². The van der Waals surface area contributed by atoms with Gasteiger partial charge in [-0.25, -0.2) is 0 Å². The third kappa shape index (κ3) is 9.37. The summed E-state index contributed by atoms with van der Waals surface area (Å²) in [6.07, 6.45) is 14.3. The molecule has 1 fully saturated rings. The van der Waals surface area contributed by atoms with Crippen LogP contribution >= 0.6 is 0 Å². The summed E-state index contributed by atoms with van der Waals surface area (Å²) in [7, 11) is 0. The van der Waals surface area contributed by atoms with Gasteiger partial charge in [0.1, 0.15) is 0 Å². The predicted octanol–water partition coefficient (Wildman–Crippen LogP) is 4.29. The van der Waals surface area contributed by atoms with Crippen molar-refractivity contribution < 1.29 is 19.8 Å². The number of carbonyl (C=O) groups excluding carboxylic acids is 1. The molecule has 5 nitrogen and oxygen atoms in total. The Labute approximate surface area is 158 Å². The number of unbranched alkanes of at least 4 members (excludes halogenated alkanes) is 6. The number of carbonyl (C=O) groups is 2. The third-order valence-electron chi connectivity index (χ3n) is 5.13. The molecule has 26 heavy (non-hydrogen) atoms. The quantitative estimate of drug-likeness (QED) is 0.355. The van der Waals surface area contributed by atoms with Crippen molar-refractivity contribution in [3.63, 3.8) is 0 Å². The first kappa shape index (κ1) is 22.7. The normalized spacial score (nSPS) is 20.0. The van der Waals surface area contributed by atoms with E-state index in [0.717, 1.165) is 51.5 Å². The molecule has 2 N–H and O–H groups in total. The zero-order valence-corrected chi connectivity index (χ0v) is 16.6. The van der Waals surface area contributed by atoms with Crippen LogP contribution in [-0.2, 0) is 9.59 Å². The number of nitrogens with zero attached hydrogens (tertiary/aromatic N) is 1. The van der Waals surface area contributed by atoms with Crippen LogP contribution in [0.1, 0.15) is 90.9 Å². The average Bonchev–Trinajstić information content (AvgIpc) is 2.93. The largest absolute Gasteiger partial charge is 0.481 e. The van der Waals surface area contributed by atoms with E-state index in [-0.39, 0.29) is 18.4 Å². The van der Waals surface area contributed by atoms with Gasteiger partial charge in [0.05, 0.1) is 11.6 Å². The summed E-state index contributed by atoms with van der Waals surface area (Å²) < 4.78 is 0. The Kier molecular flexibility index (Phi) is 10.6. The van der Waals surface area contributed by atoms with Gasteiger partial charge in [-0.2, -0.15) is 0 Å². The van der Waals surface area contributed by atoms with Crippen molar-refractivity contribution in [2.45, 2.75) is 103 Å². The second kappa shape index (κ2) is 12.1. The number of hydrogen-bond donors (Lipinski definition) is 2. The third-order valence-corrected chi connectivity index (χ3v) is 5.13. The van der Waals surface area contributed by atoms with E-state index in [4.69, 9.17) is 5.11 Å². The minimum absolute atomic E-state index is 0.0867. The van der Waals surface area contributed by atoms with E-state index in [1.165, 1.54) is 12.8 Å². The van der Waals surface area contributed by atoms with Crippen molar-refractivity contribution in [1.29, 1.82) is 0 Å². The van der Waals surface area contributed by atoms with Crippen molar-refractivity contribution in [2.24, 2.45) is 0 Å². The fourth-order valence-corrected chi connectivity index (χ4v) is 3.47. The van der Waals surface area contributed by atoms with Crippen LogP contribution in [0.3, 0.4) is 0 Å². The fourth-order valence-electron chi connectivity index (χ4n) is 3.47. The Morgan fingerprint density at radius 2 is 1.88 bits per heavy atom. The van der Waals surface area contributed by atoms with Crippen LogP contribution in [0.25, 0.3) is 0 Å². The van der Waals surface area contributed by atoms with Crippen molar-refractivity contribution in [3.8, 4) is 0 Å². The lowest BCUT2D eigenvalue weighted by molar-refractivity contribution is -0.137. The molecule has 1 saturated heterocycles. The molecular weight excluding hydrogens is 330 g/mol. The van der Waals surface area contributed by atoms with Gasteiger partial charge in [-0.1, -0.05) is 57.6 Å². The summed E-state index contributed by atoms with van der Waals surface area (Å²) in [5.74, 6) is -0.556. The van der Waals surface area contributed by atoms with Crippen molar-refractivity contribution in [2.75, 3.05) is 6.54 Å². The standard InChI is InChI=1S/C21H37NO4/c1-3-4-5-9-15-21(2,26)16-14-18-12-13-19(23)22(18)17-10-7-6-8-11-20(24)25/h14,16,18,26H,3-13,15,17H2,1-2H3,(H,24,25).